The highest BCUT2D eigenvalue weighted by Gasteiger charge is 2.48. The molecule has 1 fully saturated rings. The SMILES string of the molecule is CCOc1ccc(/C(O)=C2\C(=O)C(=O)N(c3cc(F)ccc3F)C2c2cccc(O)c2)cc1C. The molecule has 0 saturated carbocycles. The fraction of sp³-hybridized carbons (Fsp3) is 0.154. The maximum Gasteiger partial charge on any atom is 0.300 e. The average Bonchev–Trinajstić information content (AvgIpc) is 3.07. The number of rotatable bonds is 5. The van der Waals surface area contributed by atoms with Crippen LogP contribution in [0.1, 0.15) is 29.7 Å². The lowest BCUT2D eigenvalue weighted by atomic mass is 9.94. The van der Waals surface area contributed by atoms with Gasteiger partial charge in [-0.2, -0.15) is 0 Å². The van der Waals surface area contributed by atoms with Gasteiger partial charge in [-0.3, -0.25) is 14.5 Å². The van der Waals surface area contributed by atoms with Gasteiger partial charge < -0.3 is 14.9 Å². The highest BCUT2D eigenvalue weighted by Crippen LogP contribution is 2.43. The van der Waals surface area contributed by atoms with Crippen molar-refractivity contribution >= 4 is 23.1 Å². The van der Waals surface area contributed by atoms with Gasteiger partial charge in [0.05, 0.1) is 23.9 Å². The molecule has 0 spiro atoms. The Morgan fingerprint density at radius 3 is 2.50 bits per heavy atom. The number of phenolic OH excluding ortho intramolecular Hbond substituents is 1. The second-order valence-corrected chi connectivity index (χ2v) is 7.77. The summed E-state index contributed by atoms with van der Waals surface area (Å²) in [5.74, 6) is -4.01. The number of carbonyl (C=O) groups is 2. The number of aliphatic hydroxyl groups is 1. The van der Waals surface area contributed by atoms with Crippen LogP contribution in [0.3, 0.4) is 0 Å². The Morgan fingerprint density at radius 1 is 1.06 bits per heavy atom. The van der Waals surface area contributed by atoms with E-state index in [1.807, 2.05) is 6.92 Å². The number of aromatic hydroxyl groups is 1. The third kappa shape index (κ3) is 3.98. The molecule has 1 amide bonds. The first kappa shape index (κ1) is 23.0. The summed E-state index contributed by atoms with van der Waals surface area (Å²) in [6, 6.07) is 11.6. The minimum Gasteiger partial charge on any atom is -0.508 e. The fourth-order valence-corrected chi connectivity index (χ4v) is 4.03. The molecule has 2 N–H and O–H groups in total. The molecular formula is C26H21F2NO5. The van der Waals surface area contributed by atoms with E-state index in [0.717, 1.165) is 23.1 Å². The number of ether oxygens (including phenoxy) is 1. The molecule has 34 heavy (non-hydrogen) atoms. The number of ketones is 1. The van der Waals surface area contributed by atoms with E-state index in [0.29, 0.717) is 17.9 Å². The number of hydrogen-bond acceptors (Lipinski definition) is 5. The number of anilines is 1. The molecule has 0 aliphatic carbocycles. The molecule has 174 valence electrons. The molecule has 1 atom stereocenters. The molecule has 6 nitrogen and oxygen atoms in total. The number of aryl methyl sites for hydroxylation is 1. The zero-order chi connectivity index (χ0) is 24.6. The number of hydrogen-bond donors (Lipinski definition) is 2. The van der Waals surface area contributed by atoms with Crippen LogP contribution in [-0.2, 0) is 9.59 Å². The lowest BCUT2D eigenvalue weighted by molar-refractivity contribution is -0.132. The average molecular weight is 465 g/mol. The molecule has 1 aliphatic heterocycles. The van der Waals surface area contributed by atoms with Gasteiger partial charge in [-0.15, -0.1) is 0 Å². The Balaban J connectivity index is 1.95. The van der Waals surface area contributed by atoms with Crippen LogP contribution < -0.4 is 9.64 Å². The topological polar surface area (TPSA) is 87.1 Å². The third-order valence-corrected chi connectivity index (χ3v) is 5.55. The Kier molecular flexibility index (Phi) is 6.06. The minimum atomic E-state index is -1.31. The monoisotopic (exact) mass is 465 g/mol. The van der Waals surface area contributed by atoms with Crippen molar-refractivity contribution in [3.63, 3.8) is 0 Å². The molecular weight excluding hydrogens is 444 g/mol. The standard InChI is InChI=1S/C26H21F2NO5/c1-3-34-21-10-7-16(11-14(21)2)24(31)22-23(15-5-4-6-18(30)12-15)29(26(33)25(22)32)20-13-17(27)8-9-19(20)28/h4-13,23,30-31H,3H2,1-2H3/b24-22+. The number of halogens is 2. The molecule has 0 aromatic heterocycles. The van der Waals surface area contributed by atoms with Gasteiger partial charge in [0.2, 0.25) is 0 Å². The number of phenols is 1. The summed E-state index contributed by atoms with van der Waals surface area (Å²) < 4.78 is 34.2. The van der Waals surface area contributed by atoms with Gasteiger partial charge in [-0.25, -0.2) is 8.78 Å². The Hall–Kier alpha value is -4.20. The Labute approximate surface area is 194 Å². The molecule has 1 heterocycles. The second-order valence-electron chi connectivity index (χ2n) is 7.77. The van der Waals surface area contributed by atoms with Gasteiger partial charge in [0, 0.05) is 11.6 Å². The summed E-state index contributed by atoms with van der Waals surface area (Å²) in [4.78, 5) is 27.0. The first-order valence-electron chi connectivity index (χ1n) is 10.5. The molecule has 4 rings (SSSR count). The molecule has 0 bridgehead atoms. The summed E-state index contributed by atoms with van der Waals surface area (Å²) in [6.45, 7) is 4.03. The quantitative estimate of drug-likeness (QED) is 0.315. The number of nitrogens with zero attached hydrogens (tertiary/aromatic N) is 1. The van der Waals surface area contributed by atoms with Gasteiger partial charge in [-0.1, -0.05) is 12.1 Å². The lowest BCUT2D eigenvalue weighted by Gasteiger charge is -2.26. The van der Waals surface area contributed by atoms with E-state index in [1.165, 1.54) is 30.3 Å². The summed E-state index contributed by atoms with van der Waals surface area (Å²) in [5.41, 5.74) is 0.376. The van der Waals surface area contributed by atoms with Crippen LogP contribution in [0.25, 0.3) is 5.76 Å². The van der Waals surface area contributed by atoms with Crippen LogP contribution in [0.4, 0.5) is 14.5 Å². The molecule has 8 heteroatoms. The maximum absolute atomic E-state index is 14.7. The zero-order valence-electron chi connectivity index (χ0n) is 18.4. The number of benzene rings is 3. The van der Waals surface area contributed by atoms with Crippen molar-refractivity contribution in [3.8, 4) is 11.5 Å². The first-order valence-corrected chi connectivity index (χ1v) is 10.5. The van der Waals surface area contributed by atoms with E-state index in [-0.39, 0.29) is 22.4 Å². The van der Waals surface area contributed by atoms with Gasteiger partial charge in [0.15, 0.2) is 0 Å². The fourth-order valence-electron chi connectivity index (χ4n) is 4.03. The number of aliphatic hydroxyl groups excluding tert-OH is 1. The van der Waals surface area contributed by atoms with Crippen molar-refractivity contribution in [2.45, 2.75) is 19.9 Å². The van der Waals surface area contributed by atoms with Crippen LogP contribution in [0.15, 0.2) is 66.2 Å². The predicted octanol–water partition coefficient (Wildman–Crippen LogP) is 5.00. The number of carbonyl (C=O) groups excluding carboxylic acids is 2. The number of amides is 1. The smallest absolute Gasteiger partial charge is 0.300 e. The van der Waals surface area contributed by atoms with E-state index < -0.39 is 40.8 Å². The van der Waals surface area contributed by atoms with Crippen LogP contribution in [0, 0.1) is 18.6 Å². The normalized spacial score (nSPS) is 17.3. The summed E-state index contributed by atoms with van der Waals surface area (Å²) in [6.07, 6.45) is 0. The number of Topliss-reactive ketones (excluding diaryl/α,β-unsaturated/α-hetero) is 1. The second kappa shape index (κ2) is 8.97. The van der Waals surface area contributed by atoms with E-state index in [4.69, 9.17) is 4.74 Å². The molecule has 3 aromatic rings. The largest absolute Gasteiger partial charge is 0.508 e. The minimum absolute atomic E-state index is 0.167. The van der Waals surface area contributed by atoms with Crippen molar-refractivity contribution in [2.24, 2.45) is 0 Å². The summed E-state index contributed by atoms with van der Waals surface area (Å²) in [5, 5.41) is 21.2. The molecule has 1 aliphatic rings. The van der Waals surface area contributed by atoms with Crippen LogP contribution >= 0.6 is 0 Å². The van der Waals surface area contributed by atoms with Crippen molar-refractivity contribution in [2.75, 3.05) is 11.5 Å². The first-order chi connectivity index (χ1) is 16.2. The van der Waals surface area contributed by atoms with E-state index in [2.05, 4.69) is 0 Å². The Morgan fingerprint density at radius 2 is 1.82 bits per heavy atom. The summed E-state index contributed by atoms with van der Waals surface area (Å²) >= 11 is 0. The van der Waals surface area contributed by atoms with Crippen LogP contribution in [0.5, 0.6) is 11.5 Å². The van der Waals surface area contributed by atoms with E-state index in [9.17, 15) is 28.6 Å². The molecule has 3 aromatic carbocycles. The van der Waals surface area contributed by atoms with Gasteiger partial charge >= 0.3 is 0 Å². The van der Waals surface area contributed by atoms with Gasteiger partial charge in [0.1, 0.15) is 28.9 Å². The Bertz CT molecular complexity index is 1330. The van der Waals surface area contributed by atoms with E-state index in [1.54, 1.807) is 19.1 Å². The maximum atomic E-state index is 14.7. The van der Waals surface area contributed by atoms with Gasteiger partial charge in [-0.05, 0) is 67.4 Å². The van der Waals surface area contributed by atoms with E-state index >= 15 is 0 Å². The summed E-state index contributed by atoms with van der Waals surface area (Å²) in [7, 11) is 0. The molecule has 1 unspecified atom stereocenters. The third-order valence-electron chi connectivity index (χ3n) is 5.55. The highest BCUT2D eigenvalue weighted by molar-refractivity contribution is 6.51. The van der Waals surface area contributed by atoms with Crippen LogP contribution in [0.2, 0.25) is 0 Å². The molecule has 0 radical (unpaired) electrons. The lowest BCUT2D eigenvalue weighted by Crippen LogP contribution is -2.30. The molecule has 1 saturated heterocycles. The van der Waals surface area contributed by atoms with Crippen molar-refractivity contribution in [1.82, 2.24) is 0 Å². The predicted molar refractivity (Wildman–Crippen MR) is 122 cm³/mol. The van der Waals surface area contributed by atoms with Crippen molar-refractivity contribution < 1.29 is 33.3 Å². The highest BCUT2D eigenvalue weighted by atomic mass is 19.1. The van der Waals surface area contributed by atoms with Gasteiger partial charge in [0.25, 0.3) is 11.7 Å². The van der Waals surface area contributed by atoms with Crippen LogP contribution in [-0.4, -0.2) is 28.5 Å². The van der Waals surface area contributed by atoms with Crippen molar-refractivity contribution in [3.05, 3.63) is 94.6 Å². The zero-order valence-corrected chi connectivity index (χ0v) is 18.4. The van der Waals surface area contributed by atoms with Crippen molar-refractivity contribution in [1.29, 1.82) is 0 Å².